The number of Topliss-reactive ketones (excluding diaryl/α,β-unsaturated/α-hetero) is 1. The third kappa shape index (κ3) is 8.00. The molecule has 206 valence electrons. The van der Waals surface area contributed by atoms with Crippen LogP contribution >= 0.6 is 0 Å². The zero-order valence-electron chi connectivity index (χ0n) is 23.9. The van der Waals surface area contributed by atoms with Gasteiger partial charge in [-0.15, -0.1) is 6.42 Å². The molecule has 6 heteroatoms. The lowest BCUT2D eigenvalue weighted by Crippen LogP contribution is -2.12. The van der Waals surface area contributed by atoms with Crippen molar-refractivity contribution in [1.29, 1.82) is 0 Å². The van der Waals surface area contributed by atoms with Crippen molar-refractivity contribution in [3.63, 3.8) is 0 Å². The van der Waals surface area contributed by atoms with E-state index >= 15 is 4.39 Å². The summed E-state index contributed by atoms with van der Waals surface area (Å²) in [5, 5.41) is 3.49. The van der Waals surface area contributed by atoms with Gasteiger partial charge in [0.2, 0.25) is 5.82 Å². The van der Waals surface area contributed by atoms with Crippen LogP contribution in [-0.2, 0) is 6.42 Å². The molecule has 0 atom stereocenters. The molecule has 0 fully saturated rings. The zero-order valence-corrected chi connectivity index (χ0v) is 23.9. The van der Waals surface area contributed by atoms with E-state index < -0.39 is 11.6 Å². The summed E-state index contributed by atoms with van der Waals surface area (Å²) >= 11 is 0. The van der Waals surface area contributed by atoms with Crippen LogP contribution in [0.25, 0.3) is 5.57 Å². The molecule has 4 nitrogen and oxygen atoms in total. The molecule has 0 amide bonds. The van der Waals surface area contributed by atoms with Crippen LogP contribution in [0.3, 0.4) is 0 Å². The van der Waals surface area contributed by atoms with Crippen LogP contribution in [-0.4, -0.2) is 18.1 Å². The number of aryl methyl sites for hydroxylation is 1. The lowest BCUT2D eigenvalue weighted by Gasteiger charge is -2.17. The summed E-state index contributed by atoms with van der Waals surface area (Å²) in [6.45, 7) is 13.1. The first kappa shape index (κ1) is 31.2. The Morgan fingerprint density at radius 2 is 1.82 bits per heavy atom. The van der Waals surface area contributed by atoms with Crippen molar-refractivity contribution in [3.05, 3.63) is 88.3 Å². The number of hydrogen-bond acceptors (Lipinski definition) is 4. The smallest absolute Gasteiger partial charge is 0.201 e. The second-order valence-electron chi connectivity index (χ2n) is 9.35. The van der Waals surface area contributed by atoms with Crippen LogP contribution in [0.4, 0.5) is 14.5 Å². The summed E-state index contributed by atoms with van der Waals surface area (Å²) < 4.78 is 34.9. The largest absolute Gasteiger partial charge is 0.478 e. The van der Waals surface area contributed by atoms with Crippen LogP contribution in [0.1, 0.15) is 76.4 Å². The molecule has 39 heavy (non-hydrogen) atoms. The van der Waals surface area contributed by atoms with E-state index in [0.29, 0.717) is 16.8 Å². The molecule has 1 N–H and O–H groups in total. The van der Waals surface area contributed by atoms with Crippen molar-refractivity contribution in [2.45, 2.75) is 61.3 Å². The van der Waals surface area contributed by atoms with Crippen LogP contribution in [0.15, 0.2) is 64.9 Å². The monoisotopic (exact) mass is 532 g/mol. The lowest BCUT2D eigenvalue weighted by molar-refractivity contribution is 0.101. The summed E-state index contributed by atoms with van der Waals surface area (Å²) in [6.07, 6.45) is 12.2. The topological polar surface area (TPSA) is 50.7 Å². The number of nitrogens with one attached hydrogen (secondary N) is 1. The Morgan fingerprint density at radius 1 is 1.13 bits per heavy atom. The molecule has 0 saturated carbocycles. The normalized spacial score (nSPS) is 12.9. The van der Waals surface area contributed by atoms with Gasteiger partial charge in [-0.3, -0.25) is 9.79 Å². The fraction of sp³-hybridized carbons (Fsp3) is 0.333. The number of nitrogens with zero attached hydrogens (tertiary/aromatic N) is 1. The standard InChI is InChI=1S/C33H38F2N2O2/c1-9-13-24(11-3)33(37-26-14-15-27(23(8)38)25(12-4)19-26)22(7)36-20-29(21(5)6)28-16-17-30(39-18-10-2)32(35)31(28)34/h2,9,13-17,19-21,37H,11-12,18H2,1,3-8H3/b13-9-,29-20+,33-24+,36-22+. The maximum atomic E-state index is 15.1. The molecule has 0 aliphatic rings. The number of anilines is 1. The molecule has 2 aromatic rings. The average Bonchev–Trinajstić information content (AvgIpc) is 2.91. The minimum atomic E-state index is -1.08. The molecule has 0 unspecified atom stereocenters. The Bertz CT molecular complexity index is 1360. The fourth-order valence-electron chi connectivity index (χ4n) is 4.18. The first-order valence-corrected chi connectivity index (χ1v) is 13.2. The van der Waals surface area contributed by atoms with Crippen LogP contribution in [0, 0.1) is 29.9 Å². The van der Waals surface area contributed by atoms with Crippen molar-refractivity contribution in [1.82, 2.24) is 0 Å². The van der Waals surface area contributed by atoms with Gasteiger partial charge in [0, 0.05) is 23.0 Å². The van der Waals surface area contributed by atoms with Crippen LogP contribution in [0.5, 0.6) is 5.75 Å². The highest BCUT2D eigenvalue weighted by Crippen LogP contribution is 2.31. The maximum absolute atomic E-state index is 15.1. The SMILES string of the molecule is C#CCOc1ccc(/C(=C/N=C(C)/C(Nc2ccc(C(C)=O)c(CC)c2)=C(\C=C/C)CC)C(C)C)c(F)c1F. The minimum Gasteiger partial charge on any atom is -0.478 e. The van der Waals surface area contributed by atoms with Gasteiger partial charge in [-0.1, -0.05) is 45.8 Å². The Morgan fingerprint density at radius 3 is 2.38 bits per heavy atom. The number of benzene rings is 2. The Balaban J connectivity index is 2.59. The number of allylic oxidation sites excluding steroid dienone is 5. The quantitative estimate of drug-likeness (QED) is 0.129. The second-order valence-corrected chi connectivity index (χ2v) is 9.35. The molecule has 0 heterocycles. The van der Waals surface area contributed by atoms with Crippen molar-refractivity contribution in [2.24, 2.45) is 10.9 Å². The summed E-state index contributed by atoms with van der Waals surface area (Å²) in [5.74, 6) is -0.185. The van der Waals surface area contributed by atoms with E-state index in [1.54, 1.807) is 13.1 Å². The summed E-state index contributed by atoms with van der Waals surface area (Å²) in [7, 11) is 0. The second kappa shape index (κ2) is 14.8. The molecule has 0 saturated heterocycles. The van der Waals surface area contributed by atoms with Crippen molar-refractivity contribution >= 4 is 22.8 Å². The Hall–Kier alpha value is -3.98. The van der Waals surface area contributed by atoms with Crippen LogP contribution < -0.4 is 10.1 Å². The number of rotatable bonds is 12. The number of ether oxygens (including phenoxy) is 1. The highest BCUT2D eigenvalue weighted by atomic mass is 19.2. The highest BCUT2D eigenvalue weighted by Gasteiger charge is 2.19. The fourth-order valence-corrected chi connectivity index (χ4v) is 4.18. The van der Waals surface area contributed by atoms with Gasteiger partial charge in [0.1, 0.15) is 6.61 Å². The molecule has 0 spiro atoms. The average molecular weight is 533 g/mol. The van der Waals surface area contributed by atoms with Gasteiger partial charge >= 0.3 is 0 Å². The summed E-state index contributed by atoms with van der Waals surface area (Å²) in [5.41, 5.74) is 5.65. The molecular formula is C33H38F2N2O2. The molecular weight excluding hydrogens is 494 g/mol. The first-order valence-electron chi connectivity index (χ1n) is 13.2. The molecule has 2 aromatic carbocycles. The van der Waals surface area contributed by atoms with Gasteiger partial charge in [0.15, 0.2) is 17.3 Å². The summed E-state index contributed by atoms with van der Waals surface area (Å²) in [4.78, 5) is 16.7. The van der Waals surface area contributed by atoms with E-state index in [9.17, 15) is 9.18 Å². The Labute approximate surface area is 231 Å². The first-order chi connectivity index (χ1) is 18.6. The van der Waals surface area contributed by atoms with E-state index in [4.69, 9.17) is 16.2 Å². The van der Waals surface area contributed by atoms with E-state index in [0.717, 1.165) is 35.4 Å². The molecule has 0 bridgehead atoms. The number of halogens is 2. The minimum absolute atomic E-state index is 0.0285. The zero-order chi connectivity index (χ0) is 29.1. The van der Waals surface area contributed by atoms with E-state index in [1.165, 1.54) is 12.1 Å². The number of aliphatic imine (C=N–C) groups is 1. The van der Waals surface area contributed by atoms with Crippen LogP contribution in [0.2, 0.25) is 0 Å². The highest BCUT2D eigenvalue weighted by molar-refractivity contribution is 6.03. The predicted octanol–water partition coefficient (Wildman–Crippen LogP) is 8.55. The predicted molar refractivity (Wildman–Crippen MR) is 158 cm³/mol. The van der Waals surface area contributed by atoms with E-state index in [1.807, 2.05) is 65.0 Å². The summed E-state index contributed by atoms with van der Waals surface area (Å²) in [6, 6.07) is 8.55. The third-order valence-corrected chi connectivity index (χ3v) is 6.25. The van der Waals surface area contributed by atoms with Gasteiger partial charge in [-0.05, 0) is 86.6 Å². The number of ketones is 1. The third-order valence-electron chi connectivity index (χ3n) is 6.25. The molecule has 0 radical (unpaired) electrons. The Kier molecular flexibility index (Phi) is 11.9. The number of terminal acetylenes is 1. The van der Waals surface area contributed by atoms with E-state index in [-0.39, 0.29) is 29.6 Å². The van der Waals surface area contributed by atoms with Gasteiger partial charge in [0.05, 0.1) is 11.4 Å². The van der Waals surface area contributed by atoms with E-state index in [2.05, 4.69) is 18.2 Å². The molecule has 2 rings (SSSR count). The number of carbonyl (C=O) groups excluding carboxylic acids is 1. The van der Waals surface area contributed by atoms with Gasteiger partial charge in [-0.25, -0.2) is 4.39 Å². The van der Waals surface area contributed by atoms with Crippen molar-refractivity contribution < 1.29 is 18.3 Å². The molecule has 0 aliphatic heterocycles. The van der Waals surface area contributed by atoms with Crippen molar-refractivity contribution in [3.8, 4) is 18.1 Å². The number of carbonyl (C=O) groups is 1. The lowest BCUT2D eigenvalue weighted by atomic mass is 9.95. The van der Waals surface area contributed by atoms with Gasteiger partial charge in [0.25, 0.3) is 0 Å². The molecule has 0 aliphatic carbocycles. The van der Waals surface area contributed by atoms with Gasteiger partial charge in [-0.2, -0.15) is 4.39 Å². The molecule has 0 aromatic heterocycles. The van der Waals surface area contributed by atoms with Gasteiger partial charge < -0.3 is 10.1 Å². The van der Waals surface area contributed by atoms with Crippen molar-refractivity contribution in [2.75, 3.05) is 11.9 Å². The number of hydrogen-bond donors (Lipinski definition) is 1. The maximum Gasteiger partial charge on any atom is 0.201 e.